The van der Waals surface area contributed by atoms with E-state index in [4.69, 9.17) is 14.2 Å². The van der Waals surface area contributed by atoms with Crippen LogP contribution in [0.4, 0.5) is 5.82 Å². The summed E-state index contributed by atoms with van der Waals surface area (Å²) in [5.74, 6) is 0.595. The second-order valence-electron chi connectivity index (χ2n) is 8.52. The molecule has 2 atom stereocenters. The number of rotatable bonds is 11. The number of benzene rings is 1. The fourth-order valence-electron chi connectivity index (χ4n) is 4.13. The fourth-order valence-corrected chi connectivity index (χ4v) is 4.13. The summed E-state index contributed by atoms with van der Waals surface area (Å²) < 4.78 is 16.2. The highest BCUT2D eigenvalue weighted by Gasteiger charge is 2.29. The molecule has 0 radical (unpaired) electrons. The van der Waals surface area contributed by atoms with Crippen LogP contribution in [0.15, 0.2) is 42.6 Å². The van der Waals surface area contributed by atoms with E-state index in [1.165, 1.54) is 0 Å². The van der Waals surface area contributed by atoms with Crippen LogP contribution in [-0.2, 0) is 14.3 Å². The van der Waals surface area contributed by atoms with Crippen molar-refractivity contribution in [3.63, 3.8) is 0 Å². The Balaban J connectivity index is 1.68. The summed E-state index contributed by atoms with van der Waals surface area (Å²) in [7, 11) is 0. The van der Waals surface area contributed by atoms with Gasteiger partial charge in [0.25, 0.3) is 0 Å². The molecule has 0 saturated carbocycles. The van der Waals surface area contributed by atoms with Gasteiger partial charge in [0, 0.05) is 36.9 Å². The third-order valence-corrected chi connectivity index (χ3v) is 5.63. The van der Waals surface area contributed by atoms with Gasteiger partial charge in [-0.3, -0.25) is 0 Å². The van der Waals surface area contributed by atoms with Gasteiger partial charge in [-0.2, -0.15) is 0 Å². The topological polar surface area (TPSA) is 90.0 Å². The molecule has 184 valence electrons. The van der Waals surface area contributed by atoms with E-state index in [0.29, 0.717) is 23.7 Å². The van der Waals surface area contributed by atoms with Crippen LogP contribution in [0.25, 0.3) is 0 Å². The Morgan fingerprint density at radius 3 is 2.71 bits per heavy atom. The van der Waals surface area contributed by atoms with Gasteiger partial charge in [-0.25, -0.2) is 14.6 Å². The van der Waals surface area contributed by atoms with Crippen LogP contribution in [0.5, 0.6) is 5.75 Å². The minimum Gasteiger partial charge on any atom is -0.482 e. The number of aromatic nitrogens is 1. The first-order valence-electron chi connectivity index (χ1n) is 12.0. The van der Waals surface area contributed by atoms with E-state index in [1.807, 2.05) is 38.1 Å². The van der Waals surface area contributed by atoms with Gasteiger partial charge in [-0.05, 0) is 51.8 Å². The van der Waals surface area contributed by atoms with Crippen LogP contribution in [-0.4, -0.2) is 55.4 Å². The van der Waals surface area contributed by atoms with E-state index in [0.717, 1.165) is 31.5 Å². The highest BCUT2D eigenvalue weighted by Crippen LogP contribution is 2.30. The van der Waals surface area contributed by atoms with Crippen LogP contribution < -0.4 is 15.0 Å². The van der Waals surface area contributed by atoms with Crippen molar-refractivity contribution in [3.8, 4) is 5.75 Å². The van der Waals surface area contributed by atoms with Crippen molar-refractivity contribution in [2.75, 3.05) is 31.2 Å². The van der Waals surface area contributed by atoms with Crippen LogP contribution in [0, 0.1) is 0 Å². The summed E-state index contributed by atoms with van der Waals surface area (Å²) in [6, 6.07) is 11.5. The summed E-state index contributed by atoms with van der Waals surface area (Å²) >= 11 is 0. The molecule has 3 rings (SSSR count). The first-order chi connectivity index (χ1) is 16.4. The molecule has 0 aliphatic carbocycles. The lowest BCUT2D eigenvalue weighted by atomic mass is 10.0. The third-order valence-electron chi connectivity index (χ3n) is 5.63. The molecule has 0 bridgehead atoms. The smallest absolute Gasteiger partial charge is 0.344 e. The number of ether oxygens (including phenoxy) is 3. The molecule has 0 spiro atoms. The first-order valence-corrected chi connectivity index (χ1v) is 12.0. The molecule has 2 aromatic rings. The number of hydrogen-bond donors (Lipinski definition) is 1. The lowest BCUT2D eigenvalue weighted by molar-refractivity contribution is -0.145. The average Bonchev–Trinajstić information content (AvgIpc) is 3.30. The second-order valence-corrected chi connectivity index (χ2v) is 8.52. The van der Waals surface area contributed by atoms with Gasteiger partial charge >= 0.3 is 11.9 Å². The van der Waals surface area contributed by atoms with Crippen molar-refractivity contribution in [2.45, 2.75) is 58.7 Å². The monoisotopic (exact) mass is 469 g/mol. The standard InChI is InChI=1S/C26H35N3O5/c1-5-22(20-10-7-8-12-23(20)33-17-24(30)32-6-2)28-19-13-15-29(16-19)25-21(11-9-14-27-25)26(31)34-18(3)4/h7-12,14,18-19,22,28H,5-6,13,15-17H2,1-4H3/t19-,22?/m1/s1. The number of anilines is 1. The van der Waals surface area contributed by atoms with Crippen molar-refractivity contribution in [1.82, 2.24) is 10.3 Å². The normalized spacial score (nSPS) is 16.4. The van der Waals surface area contributed by atoms with Gasteiger partial charge in [0.05, 0.1) is 12.7 Å². The minimum atomic E-state index is -0.382. The lowest BCUT2D eigenvalue weighted by Crippen LogP contribution is -2.36. The molecule has 1 aromatic carbocycles. The highest BCUT2D eigenvalue weighted by molar-refractivity contribution is 5.95. The highest BCUT2D eigenvalue weighted by atomic mass is 16.6. The Morgan fingerprint density at radius 1 is 1.18 bits per heavy atom. The molecule has 1 unspecified atom stereocenters. The summed E-state index contributed by atoms with van der Waals surface area (Å²) in [6.07, 6.45) is 3.28. The number of nitrogens with one attached hydrogen (secondary N) is 1. The maximum Gasteiger partial charge on any atom is 0.344 e. The van der Waals surface area contributed by atoms with E-state index in [2.05, 4.69) is 22.1 Å². The predicted octanol–water partition coefficient (Wildman–Crippen LogP) is 3.91. The van der Waals surface area contributed by atoms with Gasteiger partial charge < -0.3 is 24.4 Å². The number of carbonyl (C=O) groups is 2. The molecular weight excluding hydrogens is 434 g/mol. The minimum absolute atomic E-state index is 0.0532. The van der Waals surface area contributed by atoms with Crippen molar-refractivity contribution in [2.24, 2.45) is 0 Å². The van der Waals surface area contributed by atoms with Crippen molar-refractivity contribution in [3.05, 3.63) is 53.7 Å². The van der Waals surface area contributed by atoms with E-state index in [9.17, 15) is 9.59 Å². The molecule has 34 heavy (non-hydrogen) atoms. The molecule has 8 heteroatoms. The predicted molar refractivity (Wildman–Crippen MR) is 130 cm³/mol. The molecule has 1 aromatic heterocycles. The molecule has 1 aliphatic heterocycles. The fraction of sp³-hybridized carbons (Fsp3) is 0.500. The molecule has 0 amide bonds. The molecule has 2 heterocycles. The molecule has 8 nitrogen and oxygen atoms in total. The summed E-state index contributed by atoms with van der Waals surface area (Å²) in [5, 5.41) is 3.73. The van der Waals surface area contributed by atoms with Crippen molar-refractivity contribution >= 4 is 17.8 Å². The van der Waals surface area contributed by atoms with Crippen LogP contribution >= 0.6 is 0 Å². The van der Waals surface area contributed by atoms with E-state index in [1.54, 1.807) is 25.3 Å². The number of para-hydroxylation sites is 1. The molecular formula is C26H35N3O5. The molecule has 1 aliphatic rings. The van der Waals surface area contributed by atoms with Gasteiger partial charge in [-0.15, -0.1) is 0 Å². The van der Waals surface area contributed by atoms with Gasteiger partial charge in [0.2, 0.25) is 0 Å². The van der Waals surface area contributed by atoms with Crippen molar-refractivity contribution < 1.29 is 23.8 Å². The van der Waals surface area contributed by atoms with E-state index >= 15 is 0 Å². The van der Waals surface area contributed by atoms with E-state index < -0.39 is 0 Å². The van der Waals surface area contributed by atoms with Gasteiger partial charge in [0.1, 0.15) is 17.1 Å². The number of nitrogens with zero attached hydrogens (tertiary/aromatic N) is 2. The zero-order chi connectivity index (χ0) is 24.5. The van der Waals surface area contributed by atoms with Crippen LogP contribution in [0.3, 0.4) is 0 Å². The molecule has 1 N–H and O–H groups in total. The van der Waals surface area contributed by atoms with Crippen molar-refractivity contribution in [1.29, 1.82) is 0 Å². The molecule has 1 saturated heterocycles. The Morgan fingerprint density at radius 2 is 1.97 bits per heavy atom. The van der Waals surface area contributed by atoms with Crippen LogP contribution in [0.2, 0.25) is 0 Å². The lowest BCUT2D eigenvalue weighted by Gasteiger charge is -2.25. The third kappa shape index (κ3) is 6.70. The largest absolute Gasteiger partial charge is 0.482 e. The number of carbonyl (C=O) groups excluding carboxylic acids is 2. The molecule has 1 fully saturated rings. The van der Waals surface area contributed by atoms with Gasteiger partial charge in [0.15, 0.2) is 6.61 Å². The SMILES string of the molecule is CCOC(=O)COc1ccccc1C(CC)N[C@@H]1CCN(c2ncccc2C(=O)OC(C)C)C1. The number of esters is 2. The summed E-state index contributed by atoms with van der Waals surface area (Å²) in [5.41, 5.74) is 1.49. The Labute approximate surface area is 201 Å². The Hall–Kier alpha value is -3.13. The maximum absolute atomic E-state index is 12.6. The summed E-state index contributed by atoms with van der Waals surface area (Å²) in [4.78, 5) is 30.9. The van der Waals surface area contributed by atoms with E-state index in [-0.39, 0.29) is 36.7 Å². The van der Waals surface area contributed by atoms with Crippen LogP contribution in [0.1, 0.15) is 62.5 Å². The number of hydrogen-bond acceptors (Lipinski definition) is 8. The first kappa shape index (κ1) is 25.5. The average molecular weight is 470 g/mol. The Kier molecular flexibility index (Phi) is 9.27. The zero-order valence-electron chi connectivity index (χ0n) is 20.5. The van der Waals surface area contributed by atoms with Gasteiger partial charge in [-0.1, -0.05) is 25.1 Å². The number of pyridine rings is 1. The summed E-state index contributed by atoms with van der Waals surface area (Å²) in [6.45, 7) is 9.28. The second kappa shape index (κ2) is 12.4. The quantitative estimate of drug-likeness (QED) is 0.496. The zero-order valence-corrected chi connectivity index (χ0v) is 20.5. The maximum atomic E-state index is 12.6. The Bertz CT molecular complexity index is 965.